The van der Waals surface area contributed by atoms with Gasteiger partial charge in [-0.1, -0.05) is 6.07 Å². The summed E-state index contributed by atoms with van der Waals surface area (Å²) in [6, 6.07) is 14.6. The van der Waals surface area contributed by atoms with Crippen molar-refractivity contribution in [3.63, 3.8) is 0 Å². The molecule has 0 aliphatic heterocycles. The number of halogens is 1. The summed E-state index contributed by atoms with van der Waals surface area (Å²) in [5.74, 6) is 0.628. The van der Waals surface area contributed by atoms with Gasteiger partial charge in [0.05, 0.1) is 29.8 Å². The van der Waals surface area contributed by atoms with Gasteiger partial charge in [-0.25, -0.2) is 0 Å². The second kappa shape index (κ2) is 8.48. The Bertz CT molecular complexity index is 754. The molecule has 0 radical (unpaired) electrons. The molecule has 24 heavy (non-hydrogen) atoms. The number of methoxy groups -OCH3 is 1. The number of nitriles is 1. The molecule has 0 bridgehead atoms. The predicted molar refractivity (Wildman–Crippen MR) is 96.9 cm³/mol. The number of nitrogens with zero attached hydrogens (tertiary/aromatic N) is 1. The van der Waals surface area contributed by atoms with E-state index in [-0.39, 0.29) is 18.5 Å². The van der Waals surface area contributed by atoms with Crippen molar-refractivity contribution in [2.75, 3.05) is 19.0 Å². The molecule has 2 aromatic rings. The minimum atomic E-state index is -0.140. The van der Waals surface area contributed by atoms with Gasteiger partial charge in [0.25, 0.3) is 0 Å². The number of hydrogen-bond acceptors (Lipinski definition) is 4. The number of anilines is 1. The van der Waals surface area contributed by atoms with Gasteiger partial charge in [-0.05, 0) is 64.8 Å². The number of carbonyl (C=O) groups excluding carboxylic acids is 1. The standard InChI is InChI=1S/C18H18BrN3O2/c1-12(14-5-8-17(24-2)16(19)9-14)21-11-18(23)22-15-6-3-13(10-20)4-7-15/h3-9,12,21H,11H2,1-2H3,(H,22,23)/t12-/m1/s1. The van der Waals surface area contributed by atoms with Gasteiger partial charge in [-0.15, -0.1) is 0 Å². The molecular weight excluding hydrogens is 370 g/mol. The van der Waals surface area contributed by atoms with Crippen LogP contribution in [0.3, 0.4) is 0 Å². The largest absolute Gasteiger partial charge is 0.496 e. The molecule has 5 nitrogen and oxygen atoms in total. The van der Waals surface area contributed by atoms with Crippen molar-refractivity contribution in [3.05, 3.63) is 58.1 Å². The zero-order valence-electron chi connectivity index (χ0n) is 13.5. The third kappa shape index (κ3) is 4.82. The number of nitrogens with one attached hydrogen (secondary N) is 2. The van der Waals surface area contributed by atoms with Crippen LogP contribution in [0.15, 0.2) is 46.9 Å². The van der Waals surface area contributed by atoms with E-state index < -0.39 is 0 Å². The van der Waals surface area contributed by atoms with Crippen LogP contribution in [-0.4, -0.2) is 19.6 Å². The highest BCUT2D eigenvalue weighted by Crippen LogP contribution is 2.27. The van der Waals surface area contributed by atoms with Gasteiger partial charge in [0.15, 0.2) is 0 Å². The molecule has 2 aromatic carbocycles. The number of amides is 1. The van der Waals surface area contributed by atoms with E-state index in [0.717, 1.165) is 15.8 Å². The van der Waals surface area contributed by atoms with Gasteiger partial charge < -0.3 is 15.4 Å². The molecule has 2 N–H and O–H groups in total. The van der Waals surface area contributed by atoms with Crippen LogP contribution in [0.25, 0.3) is 0 Å². The summed E-state index contributed by atoms with van der Waals surface area (Å²) in [6.07, 6.45) is 0. The van der Waals surface area contributed by atoms with Crippen LogP contribution in [0.1, 0.15) is 24.1 Å². The molecule has 0 unspecified atom stereocenters. The van der Waals surface area contributed by atoms with Crippen LogP contribution in [0.2, 0.25) is 0 Å². The van der Waals surface area contributed by atoms with Crippen molar-refractivity contribution < 1.29 is 9.53 Å². The first kappa shape index (κ1) is 18.0. The van der Waals surface area contributed by atoms with Crippen LogP contribution in [0, 0.1) is 11.3 Å². The van der Waals surface area contributed by atoms with Crippen LogP contribution >= 0.6 is 15.9 Å². The molecule has 6 heteroatoms. The number of benzene rings is 2. The highest BCUT2D eigenvalue weighted by atomic mass is 79.9. The van der Waals surface area contributed by atoms with Crippen molar-refractivity contribution in [1.82, 2.24) is 5.32 Å². The lowest BCUT2D eigenvalue weighted by molar-refractivity contribution is -0.115. The van der Waals surface area contributed by atoms with E-state index in [1.54, 1.807) is 31.4 Å². The number of hydrogen-bond donors (Lipinski definition) is 2. The van der Waals surface area contributed by atoms with Gasteiger partial charge >= 0.3 is 0 Å². The third-order valence-corrected chi connectivity index (χ3v) is 4.16. The van der Waals surface area contributed by atoms with Crippen molar-refractivity contribution in [2.45, 2.75) is 13.0 Å². The van der Waals surface area contributed by atoms with Gasteiger partial charge in [0.2, 0.25) is 5.91 Å². The molecule has 2 rings (SSSR count). The van der Waals surface area contributed by atoms with E-state index >= 15 is 0 Å². The van der Waals surface area contributed by atoms with E-state index in [1.807, 2.05) is 31.2 Å². The second-order valence-corrected chi connectivity index (χ2v) is 6.09. The topological polar surface area (TPSA) is 74.2 Å². The van der Waals surface area contributed by atoms with Crippen molar-refractivity contribution in [2.24, 2.45) is 0 Å². The first-order chi connectivity index (χ1) is 11.5. The Morgan fingerprint density at radius 1 is 1.29 bits per heavy atom. The lowest BCUT2D eigenvalue weighted by Gasteiger charge is -2.15. The quantitative estimate of drug-likeness (QED) is 0.793. The summed E-state index contributed by atoms with van der Waals surface area (Å²) in [4.78, 5) is 12.0. The maximum atomic E-state index is 12.0. The molecule has 0 fully saturated rings. The highest BCUT2D eigenvalue weighted by molar-refractivity contribution is 9.10. The predicted octanol–water partition coefficient (Wildman–Crippen LogP) is 3.62. The first-order valence-corrected chi connectivity index (χ1v) is 8.19. The fourth-order valence-electron chi connectivity index (χ4n) is 2.15. The van der Waals surface area contributed by atoms with Crippen LogP contribution in [0.4, 0.5) is 5.69 Å². The molecule has 0 aromatic heterocycles. The zero-order valence-corrected chi connectivity index (χ0v) is 15.1. The van der Waals surface area contributed by atoms with Gasteiger partial charge in [0.1, 0.15) is 5.75 Å². The first-order valence-electron chi connectivity index (χ1n) is 7.40. The maximum Gasteiger partial charge on any atom is 0.238 e. The van der Waals surface area contributed by atoms with Gasteiger partial charge in [0, 0.05) is 11.7 Å². The summed E-state index contributed by atoms with van der Waals surface area (Å²) in [6.45, 7) is 2.17. The minimum Gasteiger partial charge on any atom is -0.496 e. The van der Waals surface area contributed by atoms with Crippen LogP contribution in [-0.2, 0) is 4.79 Å². The molecule has 0 spiro atoms. The molecule has 1 atom stereocenters. The molecule has 0 aliphatic rings. The average Bonchev–Trinajstić information content (AvgIpc) is 2.60. The van der Waals surface area contributed by atoms with Crippen molar-refractivity contribution >= 4 is 27.5 Å². The molecule has 0 saturated heterocycles. The minimum absolute atomic E-state index is 0.0129. The van der Waals surface area contributed by atoms with Gasteiger partial charge in [-0.2, -0.15) is 5.26 Å². The van der Waals surface area contributed by atoms with E-state index in [9.17, 15) is 4.79 Å². The molecular formula is C18H18BrN3O2. The molecule has 0 heterocycles. The Labute approximate surface area is 149 Å². The van der Waals surface area contributed by atoms with Crippen molar-refractivity contribution in [1.29, 1.82) is 5.26 Å². The Kier molecular flexibility index (Phi) is 6.36. The fourth-order valence-corrected chi connectivity index (χ4v) is 2.71. The third-order valence-electron chi connectivity index (χ3n) is 3.54. The summed E-state index contributed by atoms with van der Waals surface area (Å²) in [5.41, 5.74) is 2.28. The second-order valence-electron chi connectivity index (χ2n) is 5.23. The summed E-state index contributed by atoms with van der Waals surface area (Å²) < 4.78 is 6.08. The lowest BCUT2D eigenvalue weighted by atomic mass is 10.1. The van der Waals surface area contributed by atoms with E-state index in [1.165, 1.54) is 0 Å². The Morgan fingerprint density at radius 2 is 2.00 bits per heavy atom. The summed E-state index contributed by atoms with van der Waals surface area (Å²) >= 11 is 3.46. The van der Waals surface area contributed by atoms with Gasteiger partial charge in [-0.3, -0.25) is 4.79 Å². The Balaban J connectivity index is 1.88. The maximum absolute atomic E-state index is 12.0. The lowest BCUT2D eigenvalue weighted by Crippen LogP contribution is -2.30. The average molecular weight is 388 g/mol. The Hall–Kier alpha value is -2.36. The van der Waals surface area contributed by atoms with E-state index in [2.05, 4.69) is 26.6 Å². The van der Waals surface area contributed by atoms with E-state index in [0.29, 0.717) is 11.3 Å². The van der Waals surface area contributed by atoms with Crippen LogP contribution < -0.4 is 15.4 Å². The van der Waals surface area contributed by atoms with Crippen molar-refractivity contribution in [3.8, 4) is 11.8 Å². The monoisotopic (exact) mass is 387 g/mol. The smallest absolute Gasteiger partial charge is 0.238 e. The van der Waals surface area contributed by atoms with E-state index in [4.69, 9.17) is 10.00 Å². The zero-order chi connectivity index (χ0) is 17.5. The Morgan fingerprint density at radius 3 is 2.58 bits per heavy atom. The number of carbonyl (C=O) groups is 1. The molecule has 124 valence electrons. The normalized spacial score (nSPS) is 11.4. The SMILES string of the molecule is COc1ccc([C@@H](C)NCC(=O)Nc2ccc(C#N)cc2)cc1Br. The molecule has 0 saturated carbocycles. The summed E-state index contributed by atoms with van der Waals surface area (Å²) in [5, 5.41) is 14.7. The fraction of sp³-hybridized carbons (Fsp3) is 0.222. The highest BCUT2D eigenvalue weighted by Gasteiger charge is 2.10. The number of ether oxygens (including phenoxy) is 1. The molecule has 1 amide bonds. The summed E-state index contributed by atoms with van der Waals surface area (Å²) in [7, 11) is 1.62. The molecule has 0 aliphatic carbocycles. The number of rotatable bonds is 6. The van der Waals surface area contributed by atoms with Crippen LogP contribution in [0.5, 0.6) is 5.75 Å².